The predicted molar refractivity (Wildman–Crippen MR) is 299 cm³/mol. The minimum absolute atomic E-state index is 0.474. The zero-order valence-electron chi connectivity index (χ0n) is 49.0. The lowest BCUT2D eigenvalue weighted by Crippen LogP contribution is -2.04. The van der Waals surface area contributed by atoms with Crippen LogP contribution in [0, 0.1) is 55.4 Å². The molecule has 0 atom stereocenters. The Morgan fingerprint density at radius 1 is 0.569 bits per heavy atom. The van der Waals surface area contributed by atoms with Crippen molar-refractivity contribution in [1.82, 2.24) is 78.4 Å². The van der Waals surface area contributed by atoms with E-state index in [2.05, 4.69) is 215 Å². The summed E-state index contributed by atoms with van der Waals surface area (Å²) in [5, 5.41) is 23.6. The Kier molecular flexibility index (Phi) is 28.9. The molecule has 0 aromatic carbocycles. The maximum Gasteiger partial charge on any atom is 0.108 e. The second-order valence-corrected chi connectivity index (χ2v) is 20.3. The molecule has 0 amide bonds. The number of hydrogen-bond donors (Lipinski definition) is 2. The Morgan fingerprint density at radius 2 is 1.21 bits per heavy atom. The van der Waals surface area contributed by atoms with Crippen molar-refractivity contribution in [2.75, 3.05) is 0 Å². The molecule has 0 radical (unpaired) electrons. The summed E-state index contributed by atoms with van der Waals surface area (Å²) < 4.78 is 12.2. The minimum atomic E-state index is 0.474. The first-order valence-corrected chi connectivity index (χ1v) is 25.7. The van der Waals surface area contributed by atoms with E-state index in [9.17, 15) is 0 Å². The van der Waals surface area contributed by atoms with Crippen LogP contribution in [-0.4, -0.2) is 78.4 Å². The van der Waals surface area contributed by atoms with Crippen LogP contribution in [0.2, 0.25) is 0 Å². The monoisotopic (exact) mass is 993 g/mol. The van der Waals surface area contributed by atoms with E-state index in [4.69, 9.17) is 0 Å². The largest absolute Gasteiger partial charge is 0.348 e. The minimum Gasteiger partial charge on any atom is -0.348 e. The highest BCUT2D eigenvalue weighted by molar-refractivity contribution is 5.22. The fourth-order valence-corrected chi connectivity index (χ4v) is 6.63. The molecule has 0 fully saturated rings. The van der Waals surface area contributed by atoms with Gasteiger partial charge in [-0.25, -0.2) is 15.0 Å². The number of H-pyrrole nitrogens is 2. The topological polar surface area (TPSA) is 164 Å². The van der Waals surface area contributed by atoms with Crippen molar-refractivity contribution in [1.29, 1.82) is 0 Å². The van der Waals surface area contributed by atoms with Crippen LogP contribution in [0.5, 0.6) is 0 Å². The smallest absolute Gasteiger partial charge is 0.108 e. The van der Waals surface area contributed by atoms with Gasteiger partial charge in [0.25, 0.3) is 0 Å². The maximum absolute atomic E-state index is 4.43. The normalized spacial score (nSPS) is 10.7. The van der Waals surface area contributed by atoms with Gasteiger partial charge in [-0.15, -0.1) is 0 Å². The fourth-order valence-electron chi connectivity index (χ4n) is 6.63. The van der Waals surface area contributed by atoms with Crippen LogP contribution in [-0.2, 0) is 0 Å². The van der Waals surface area contributed by atoms with Gasteiger partial charge in [-0.05, 0) is 174 Å². The van der Waals surface area contributed by atoms with E-state index in [-0.39, 0.29) is 0 Å². The van der Waals surface area contributed by atoms with Crippen molar-refractivity contribution in [3.05, 3.63) is 143 Å². The number of hydrogen-bond acceptors (Lipinski definition) is 8. The van der Waals surface area contributed by atoms with Crippen LogP contribution in [0.15, 0.2) is 86.5 Å². The van der Waals surface area contributed by atoms with Crippen LogP contribution in [0.3, 0.4) is 0 Å². The van der Waals surface area contributed by atoms with Gasteiger partial charge in [-0.2, -0.15) is 25.5 Å². The molecule has 0 unspecified atom stereocenters. The van der Waals surface area contributed by atoms with Gasteiger partial charge in [-0.3, -0.25) is 23.8 Å². The summed E-state index contributed by atoms with van der Waals surface area (Å²) in [6.07, 6.45) is 20.7. The summed E-state index contributed by atoms with van der Waals surface area (Å²) in [6, 6.07) is 9.02. The van der Waals surface area contributed by atoms with Crippen molar-refractivity contribution in [3.63, 3.8) is 0 Å². The number of aromatic amines is 2. The number of aryl methyl sites for hydroxylation is 6. The Morgan fingerprint density at radius 3 is 1.43 bits per heavy atom. The average Bonchev–Trinajstić information content (AvgIpc) is 4.16. The molecule has 400 valence electrons. The molecule has 8 rings (SSSR count). The van der Waals surface area contributed by atoms with Gasteiger partial charge >= 0.3 is 0 Å². The van der Waals surface area contributed by atoms with E-state index in [0.29, 0.717) is 48.1 Å². The van der Waals surface area contributed by atoms with Crippen molar-refractivity contribution >= 4 is 0 Å². The quantitative estimate of drug-likeness (QED) is 0.152. The SMILES string of the molecule is CC(C)c1ccn[nH]1.CC(C)c1ncc[nH]1.CC(C)n1cccn1.CC(C)n1ccnc1.Cc1cc(C)n(C(C)C)n1.Cc1cn(C(C)C)c(C)n1.Cc1cnn(C(C)C)c1.Cc1nn(C(C)C)c(C)c1C. The van der Waals surface area contributed by atoms with Crippen LogP contribution < -0.4 is 0 Å². The molecule has 0 saturated heterocycles. The maximum atomic E-state index is 4.43. The first-order chi connectivity index (χ1) is 33.7. The Labute approximate surface area is 434 Å². The van der Waals surface area contributed by atoms with Gasteiger partial charge in [0.1, 0.15) is 11.6 Å². The van der Waals surface area contributed by atoms with E-state index in [1.54, 1.807) is 24.8 Å². The van der Waals surface area contributed by atoms with E-state index < -0.39 is 0 Å². The van der Waals surface area contributed by atoms with Gasteiger partial charge in [0.05, 0.1) is 29.6 Å². The number of nitrogens with zero attached hydrogens (tertiary/aromatic N) is 14. The molecule has 0 aliphatic heterocycles. The standard InChI is InChI=1S/C9H16N2.2C8H14N2.C7H12N2.4C6H10N2/c1-6(2)11-9(5)7(3)8(4)10-11;1-6(2)10-5-7(3)9-8(10)4;1-6(2)10-8(4)5-7(3)9-10;1-6(2)9-5-7(3)4-8-9;1-6(2)8-4-3-7-5-8;1-6(2)8-5-3-4-7-8;1-5(2)6-7-3-4-8-6;1-5(2)6-3-4-7-8-6/h6H,1-5H3;2*5-6H,1-4H3;4-6H,1-3H3;2*3-6H,1-2H3;2*3-5H,1-2H3,(H,7,8). The first kappa shape index (κ1) is 63.7. The number of nitrogens with one attached hydrogen (secondary N) is 2. The Balaban J connectivity index is 0.000000412. The van der Waals surface area contributed by atoms with Gasteiger partial charge in [0.2, 0.25) is 0 Å². The number of imidazole rings is 3. The molecule has 8 aromatic rings. The van der Waals surface area contributed by atoms with E-state index in [0.717, 1.165) is 28.7 Å². The van der Waals surface area contributed by atoms with Crippen LogP contribution in [0.25, 0.3) is 0 Å². The number of rotatable bonds is 8. The molecule has 0 spiro atoms. The van der Waals surface area contributed by atoms with Crippen molar-refractivity contribution < 1.29 is 0 Å². The average molecular weight is 993 g/mol. The van der Waals surface area contributed by atoms with Crippen LogP contribution in [0.4, 0.5) is 0 Å². The van der Waals surface area contributed by atoms with E-state index in [1.807, 2.05) is 91.2 Å². The molecule has 0 bridgehead atoms. The van der Waals surface area contributed by atoms with Gasteiger partial charge in [0.15, 0.2) is 0 Å². The molecule has 16 heteroatoms. The molecule has 16 nitrogen and oxygen atoms in total. The molecule has 0 aliphatic rings. The third kappa shape index (κ3) is 23.7. The molecular formula is C56H96N16. The molecule has 2 N–H and O–H groups in total. The summed E-state index contributed by atoms with van der Waals surface area (Å²) in [4.78, 5) is 15.3. The highest BCUT2D eigenvalue weighted by Gasteiger charge is 2.09. The second-order valence-electron chi connectivity index (χ2n) is 20.3. The van der Waals surface area contributed by atoms with Crippen molar-refractivity contribution in [3.8, 4) is 0 Å². The molecule has 0 aliphatic carbocycles. The van der Waals surface area contributed by atoms with Crippen molar-refractivity contribution in [2.45, 2.75) is 214 Å². The summed E-state index contributed by atoms with van der Waals surface area (Å²) in [7, 11) is 0. The third-order valence-corrected chi connectivity index (χ3v) is 10.9. The zero-order valence-corrected chi connectivity index (χ0v) is 49.0. The van der Waals surface area contributed by atoms with Gasteiger partial charge < -0.3 is 14.1 Å². The highest BCUT2D eigenvalue weighted by Crippen LogP contribution is 2.15. The van der Waals surface area contributed by atoms with Crippen LogP contribution in [0.1, 0.15) is 216 Å². The lowest BCUT2D eigenvalue weighted by molar-refractivity contribution is 0.516. The summed E-state index contributed by atoms with van der Waals surface area (Å²) in [5.74, 6) is 3.25. The van der Waals surface area contributed by atoms with Gasteiger partial charge in [0, 0.05) is 115 Å². The molecule has 72 heavy (non-hydrogen) atoms. The zero-order chi connectivity index (χ0) is 54.8. The molecule has 8 heterocycles. The highest BCUT2D eigenvalue weighted by atomic mass is 15.3. The first-order valence-electron chi connectivity index (χ1n) is 25.7. The Hall–Kier alpha value is -6.32. The van der Waals surface area contributed by atoms with Crippen LogP contribution >= 0.6 is 0 Å². The van der Waals surface area contributed by atoms with E-state index in [1.165, 1.54) is 28.2 Å². The summed E-state index contributed by atoms with van der Waals surface area (Å²) >= 11 is 0. The Bertz CT molecular complexity index is 2310. The molecular weight excluding hydrogens is 897 g/mol. The summed E-state index contributed by atoms with van der Waals surface area (Å²) in [6.45, 7) is 50.6. The fraction of sp³-hybridized carbons (Fsp3) is 0.571. The summed E-state index contributed by atoms with van der Waals surface area (Å²) in [5.41, 5.74) is 9.63. The predicted octanol–water partition coefficient (Wildman–Crippen LogP) is 14.3. The third-order valence-electron chi connectivity index (χ3n) is 10.9. The number of aromatic nitrogens is 16. The lowest BCUT2D eigenvalue weighted by Gasteiger charge is -2.07. The van der Waals surface area contributed by atoms with Gasteiger partial charge in [-0.1, -0.05) is 27.7 Å². The van der Waals surface area contributed by atoms with Crippen molar-refractivity contribution in [2.24, 2.45) is 0 Å². The second kappa shape index (κ2) is 32.6. The molecule has 8 aromatic heterocycles. The molecule has 0 saturated carbocycles. The lowest BCUT2D eigenvalue weighted by atomic mass is 10.1. The van der Waals surface area contributed by atoms with E-state index >= 15 is 0 Å².